The van der Waals surface area contributed by atoms with Crippen LogP contribution in [0.4, 0.5) is 0 Å². The summed E-state index contributed by atoms with van der Waals surface area (Å²) in [6.45, 7) is 6.13. The van der Waals surface area contributed by atoms with Crippen molar-refractivity contribution in [3.05, 3.63) is 35.4 Å². The van der Waals surface area contributed by atoms with Gasteiger partial charge in [0.05, 0.1) is 6.10 Å². The van der Waals surface area contributed by atoms with Gasteiger partial charge in [0.2, 0.25) is 11.8 Å². The highest BCUT2D eigenvalue weighted by Gasteiger charge is 2.44. The zero-order valence-electron chi connectivity index (χ0n) is 13.5. The van der Waals surface area contributed by atoms with Gasteiger partial charge in [0, 0.05) is 26.2 Å². The molecule has 2 heterocycles. The zero-order valence-corrected chi connectivity index (χ0v) is 13.5. The van der Waals surface area contributed by atoms with Crippen LogP contribution in [0.1, 0.15) is 18.1 Å². The van der Waals surface area contributed by atoms with Gasteiger partial charge in [-0.05, 0) is 19.4 Å². The number of piperazine rings is 2. The Bertz CT molecular complexity index is 617. The number of hydrogen-bond donors (Lipinski definition) is 2. The van der Waals surface area contributed by atoms with E-state index in [1.54, 1.807) is 4.90 Å². The molecule has 0 aromatic heterocycles. The van der Waals surface area contributed by atoms with Gasteiger partial charge in [-0.15, -0.1) is 0 Å². The average Bonchev–Trinajstić information content (AvgIpc) is 2.50. The van der Waals surface area contributed by atoms with Crippen molar-refractivity contribution in [2.24, 2.45) is 0 Å². The van der Waals surface area contributed by atoms with Gasteiger partial charge in [-0.3, -0.25) is 14.5 Å². The number of aryl methyl sites for hydroxylation is 1. The van der Waals surface area contributed by atoms with E-state index >= 15 is 0 Å². The lowest BCUT2D eigenvalue weighted by molar-refractivity contribution is -0.156. The van der Waals surface area contributed by atoms with Crippen molar-refractivity contribution in [2.45, 2.75) is 38.6 Å². The highest BCUT2D eigenvalue weighted by atomic mass is 16.3. The molecule has 23 heavy (non-hydrogen) atoms. The fourth-order valence-corrected chi connectivity index (χ4v) is 3.36. The molecule has 124 valence electrons. The molecule has 1 aromatic rings. The molecule has 2 saturated heterocycles. The third kappa shape index (κ3) is 3.23. The molecular formula is C17H23N3O3. The molecule has 2 aliphatic heterocycles. The van der Waals surface area contributed by atoms with Crippen LogP contribution in [0.3, 0.4) is 0 Å². The molecular weight excluding hydrogens is 294 g/mol. The molecule has 2 N–H and O–H groups in total. The lowest BCUT2D eigenvalue weighted by atomic mass is 10.0. The van der Waals surface area contributed by atoms with E-state index in [0.717, 1.165) is 13.1 Å². The topological polar surface area (TPSA) is 72.9 Å². The van der Waals surface area contributed by atoms with Gasteiger partial charge in [0.1, 0.15) is 12.1 Å². The normalized spacial score (nSPS) is 26.7. The maximum absolute atomic E-state index is 12.4. The fraction of sp³-hybridized carbons (Fsp3) is 0.529. The number of nitrogens with one attached hydrogen (secondary N) is 1. The summed E-state index contributed by atoms with van der Waals surface area (Å²) >= 11 is 0. The van der Waals surface area contributed by atoms with Gasteiger partial charge >= 0.3 is 0 Å². The van der Waals surface area contributed by atoms with Crippen LogP contribution in [0.25, 0.3) is 0 Å². The molecule has 3 rings (SSSR count). The Morgan fingerprint density at radius 2 is 2.13 bits per heavy atom. The third-order valence-electron chi connectivity index (χ3n) is 4.59. The second kappa shape index (κ2) is 6.29. The third-order valence-corrected chi connectivity index (χ3v) is 4.59. The van der Waals surface area contributed by atoms with Crippen LogP contribution in [0.2, 0.25) is 0 Å². The molecule has 2 fully saturated rings. The predicted octanol–water partition coefficient (Wildman–Crippen LogP) is -0.113. The van der Waals surface area contributed by atoms with Gasteiger partial charge in [0.25, 0.3) is 0 Å². The minimum Gasteiger partial charge on any atom is -0.391 e. The number of benzene rings is 1. The smallest absolute Gasteiger partial charge is 0.248 e. The molecule has 6 heteroatoms. The predicted molar refractivity (Wildman–Crippen MR) is 85.6 cm³/mol. The highest BCUT2D eigenvalue weighted by molar-refractivity contribution is 5.97. The minimum absolute atomic E-state index is 0.176. The largest absolute Gasteiger partial charge is 0.391 e. The zero-order chi connectivity index (χ0) is 16.6. The number of rotatable bonds is 3. The standard InChI is InChI=1S/C17H23N3O3/c1-11-4-3-5-13(8-11)9-19-6-7-20-14(10-19)16(22)18-15(12(2)21)17(20)23/h3-5,8,12,14-15,21H,6-7,9-10H2,1-2H3,(H,18,22)/t12-,14+,15+/m0/s1. The minimum atomic E-state index is -0.877. The van der Waals surface area contributed by atoms with Gasteiger partial charge in [-0.25, -0.2) is 0 Å². The Labute approximate surface area is 136 Å². The SMILES string of the molecule is Cc1cccc(CN2CCN3C(=O)[C@@H]([C@H](C)O)NC(=O)[C@H]3C2)c1. The number of aliphatic hydroxyl groups is 1. The van der Waals surface area contributed by atoms with Crippen molar-refractivity contribution in [1.82, 2.24) is 15.1 Å². The van der Waals surface area contributed by atoms with Crippen LogP contribution in [0, 0.1) is 6.92 Å². The Morgan fingerprint density at radius 1 is 1.35 bits per heavy atom. The van der Waals surface area contributed by atoms with Gasteiger partial charge in [-0.1, -0.05) is 29.8 Å². The summed E-state index contributed by atoms with van der Waals surface area (Å²) in [5.41, 5.74) is 2.43. The molecule has 0 aliphatic carbocycles. The molecule has 0 unspecified atom stereocenters. The van der Waals surface area contributed by atoms with Crippen LogP contribution in [0.5, 0.6) is 0 Å². The van der Waals surface area contributed by atoms with E-state index in [2.05, 4.69) is 35.3 Å². The first kappa shape index (κ1) is 16.0. The first-order valence-electron chi connectivity index (χ1n) is 8.02. The van der Waals surface area contributed by atoms with Crippen LogP contribution in [-0.2, 0) is 16.1 Å². The number of fused-ring (bicyclic) bond motifs is 1. The van der Waals surface area contributed by atoms with E-state index in [0.29, 0.717) is 13.1 Å². The second-order valence-corrected chi connectivity index (χ2v) is 6.50. The van der Waals surface area contributed by atoms with E-state index in [-0.39, 0.29) is 11.8 Å². The van der Waals surface area contributed by atoms with Crippen molar-refractivity contribution in [3.8, 4) is 0 Å². The summed E-state index contributed by atoms with van der Waals surface area (Å²) in [7, 11) is 0. The Hall–Kier alpha value is -1.92. The summed E-state index contributed by atoms with van der Waals surface area (Å²) in [5, 5.41) is 12.3. The number of nitrogens with zero attached hydrogens (tertiary/aromatic N) is 2. The number of aliphatic hydroxyl groups excluding tert-OH is 1. The van der Waals surface area contributed by atoms with Crippen molar-refractivity contribution >= 4 is 11.8 Å². The van der Waals surface area contributed by atoms with Crippen molar-refractivity contribution in [1.29, 1.82) is 0 Å². The van der Waals surface area contributed by atoms with Crippen molar-refractivity contribution < 1.29 is 14.7 Å². The molecule has 0 spiro atoms. The lowest BCUT2D eigenvalue weighted by Gasteiger charge is -2.45. The monoisotopic (exact) mass is 317 g/mol. The van der Waals surface area contributed by atoms with Crippen molar-refractivity contribution in [2.75, 3.05) is 19.6 Å². The van der Waals surface area contributed by atoms with Crippen LogP contribution < -0.4 is 5.32 Å². The molecule has 0 radical (unpaired) electrons. The molecule has 3 atom stereocenters. The first-order valence-corrected chi connectivity index (χ1v) is 8.02. The Balaban J connectivity index is 1.69. The van der Waals surface area contributed by atoms with Gasteiger partial charge in [-0.2, -0.15) is 0 Å². The summed E-state index contributed by atoms with van der Waals surface area (Å²) in [4.78, 5) is 28.5. The van der Waals surface area contributed by atoms with E-state index in [4.69, 9.17) is 0 Å². The van der Waals surface area contributed by atoms with Crippen molar-refractivity contribution in [3.63, 3.8) is 0 Å². The van der Waals surface area contributed by atoms with Gasteiger partial charge < -0.3 is 15.3 Å². The Kier molecular flexibility index (Phi) is 4.37. The molecule has 0 bridgehead atoms. The number of carbonyl (C=O) groups excluding carboxylic acids is 2. The van der Waals surface area contributed by atoms with Gasteiger partial charge in [0.15, 0.2) is 0 Å². The molecule has 1 aromatic carbocycles. The van der Waals surface area contributed by atoms with Crippen LogP contribution in [0.15, 0.2) is 24.3 Å². The summed E-state index contributed by atoms with van der Waals surface area (Å²) in [6.07, 6.45) is -0.877. The highest BCUT2D eigenvalue weighted by Crippen LogP contribution is 2.19. The van der Waals surface area contributed by atoms with Crippen LogP contribution >= 0.6 is 0 Å². The van der Waals surface area contributed by atoms with E-state index in [1.165, 1.54) is 18.1 Å². The number of hydrogen-bond acceptors (Lipinski definition) is 4. The van der Waals surface area contributed by atoms with E-state index < -0.39 is 18.2 Å². The summed E-state index contributed by atoms with van der Waals surface area (Å²) in [6, 6.07) is 7.03. The molecule has 0 saturated carbocycles. The second-order valence-electron chi connectivity index (χ2n) is 6.50. The van der Waals surface area contributed by atoms with E-state index in [1.807, 2.05) is 6.07 Å². The lowest BCUT2D eigenvalue weighted by Crippen LogP contribution is -2.70. The van der Waals surface area contributed by atoms with Crippen LogP contribution in [-0.4, -0.2) is 64.5 Å². The number of amides is 2. The molecule has 2 amide bonds. The maximum atomic E-state index is 12.4. The quantitative estimate of drug-likeness (QED) is 0.816. The summed E-state index contributed by atoms with van der Waals surface area (Å²) < 4.78 is 0. The first-order chi connectivity index (χ1) is 11.0. The maximum Gasteiger partial charge on any atom is 0.248 e. The Morgan fingerprint density at radius 3 is 2.83 bits per heavy atom. The van der Waals surface area contributed by atoms with E-state index in [9.17, 15) is 14.7 Å². The summed E-state index contributed by atoms with van der Waals surface area (Å²) in [5.74, 6) is -0.357. The molecule has 6 nitrogen and oxygen atoms in total. The molecule has 2 aliphatic rings. The fourth-order valence-electron chi connectivity index (χ4n) is 3.36. The number of carbonyl (C=O) groups is 2. The average molecular weight is 317 g/mol.